The van der Waals surface area contributed by atoms with E-state index in [2.05, 4.69) is 10.3 Å². The Bertz CT molecular complexity index is 724. The number of hydrogen-bond donors (Lipinski definition) is 1. The van der Waals surface area contributed by atoms with E-state index in [-0.39, 0.29) is 11.3 Å². The number of rotatable bonds is 4. The monoisotopic (exact) mass is 298 g/mol. The van der Waals surface area contributed by atoms with Gasteiger partial charge in [-0.25, -0.2) is 4.39 Å². The Morgan fingerprint density at radius 3 is 2.73 bits per heavy atom. The van der Waals surface area contributed by atoms with Crippen LogP contribution in [0.4, 0.5) is 10.1 Å². The van der Waals surface area contributed by atoms with Gasteiger partial charge in [0, 0.05) is 31.5 Å². The molecule has 1 N–H and O–H groups in total. The molecule has 2 aromatic rings. The molecule has 2 rings (SSSR count). The zero-order valence-electron chi connectivity index (χ0n) is 12.2. The molecule has 6 heteroatoms. The summed E-state index contributed by atoms with van der Waals surface area (Å²) in [5, 5.41) is 11.7. The smallest absolute Gasteiger partial charge is 0.271 e. The maximum Gasteiger partial charge on any atom is 0.271 e. The lowest BCUT2D eigenvalue weighted by atomic mass is 10.1. The molecule has 0 spiro atoms. The predicted octanol–water partition coefficient (Wildman–Crippen LogP) is 2.28. The number of aromatic nitrogens is 1. The van der Waals surface area contributed by atoms with Crippen molar-refractivity contribution < 1.29 is 9.18 Å². The van der Waals surface area contributed by atoms with E-state index in [0.29, 0.717) is 0 Å². The van der Waals surface area contributed by atoms with Gasteiger partial charge >= 0.3 is 0 Å². The molecule has 0 aliphatic rings. The van der Waals surface area contributed by atoms with Gasteiger partial charge in [-0.15, -0.1) is 0 Å². The first-order chi connectivity index (χ1) is 10.5. The standard InChI is InChI=1S/C16H15FN4O/c1-21(2)11-7-8-19-14(9-11)16(22)20-15(10-18)12-5-3-4-6-13(12)17/h3-9,15H,1-2H3,(H,20,22). The number of nitriles is 1. The van der Waals surface area contributed by atoms with E-state index in [0.717, 1.165) is 5.69 Å². The summed E-state index contributed by atoms with van der Waals surface area (Å²) in [6.45, 7) is 0. The van der Waals surface area contributed by atoms with Crippen LogP contribution in [0.1, 0.15) is 22.1 Å². The Hall–Kier alpha value is -2.94. The Balaban J connectivity index is 2.22. The quantitative estimate of drug-likeness (QED) is 0.940. The largest absolute Gasteiger partial charge is 0.378 e. The number of benzene rings is 1. The third-order valence-electron chi connectivity index (χ3n) is 3.11. The van der Waals surface area contributed by atoms with Gasteiger partial charge in [-0.1, -0.05) is 18.2 Å². The Morgan fingerprint density at radius 2 is 2.09 bits per heavy atom. The average molecular weight is 298 g/mol. The number of hydrogen-bond acceptors (Lipinski definition) is 4. The van der Waals surface area contributed by atoms with Gasteiger partial charge in [0.1, 0.15) is 17.6 Å². The van der Waals surface area contributed by atoms with Crippen molar-refractivity contribution in [3.05, 3.63) is 59.7 Å². The van der Waals surface area contributed by atoms with Crippen LogP contribution in [0.2, 0.25) is 0 Å². The van der Waals surface area contributed by atoms with E-state index in [1.54, 1.807) is 18.2 Å². The van der Waals surface area contributed by atoms with Crippen LogP contribution in [0.3, 0.4) is 0 Å². The van der Waals surface area contributed by atoms with Crippen LogP contribution in [0.5, 0.6) is 0 Å². The van der Waals surface area contributed by atoms with E-state index >= 15 is 0 Å². The minimum Gasteiger partial charge on any atom is -0.378 e. The molecule has 1 heterocycles. The molecular weight excluding hydrogens is 283 g/mol. The van der Waals surface area contributed by atoms with Crippen LogP contribution in [-0.2, 0) is 0 Å². The van der Waals surface area contributed by atoms with E-state index in [1.807, 2.05) is 25.1 Å². The van der Waals surface area contributed by atoms with Crippen LogP contribution in [0.15, 0.2) is 42.6 Å². The zero-order valence-corrected chi connectivity index (χ0v) is 12.2. The Labute approximate surface area is 128 Å². The first-order valence-corrected chi connectivity index (χ1v) is 6.61. The lowest BCUT2D eigenvalue weighted by molar-refractivity contribution is 0.0940. The highest BCUT2D eigenvalue weighted by Gasteiger charge is 2.19. The summed E-state index contributed by atoms with van der Waals surface area (Å²) in [5.41, 5.74) is 1.10. The van der Waals surface area contributed by atoms with Crippen molar-refractivity contribution in [2.45, 2.75) is 6.04 Å². The third-order valence-corrected chi connectivity index (χ3v) is 3.11. The number of nitrogens with zero attached hydrogens (tertiary/aromatic N) is 3. The summed E-state index contributed by atoms with van der Waals surface area (Å²) < 4.78 is 13.7. The molecule has 0 fully saturated rings. The maximum atomic E-state index is 13.7. The van der Waals surface area contributed by atoms with Gasteiger partial charge in [0.05, 0.1) is 6.07 Å². The van der Waals surface area contributed by atoms with Gasteiger partial charge < -0.3 is 10.2 Å². The fraction of sp³-hybridized carbons (Fsp3) is 0.188. The number of pyridine rings is 1. The van der Waals surface area contributed by atoms with Gasteiger partial charge in [0.25, 0.3) is 5.91 Å². The highest BCUT2D eigenvalue weighted by molar-refractivity contribution is 5.93. The molecule has 0 saturated carbocycles. The summed E-state index contributed by atoms with van der Waals surface area (Å²) in [6.07, 6.45) is 1.51. The van der Waals surface area contributed by atoms with Crippen LogP contribution in [0.25, 0.3) is 0 Å². The van der Waals surface area contributed by atoms with Gasteiger partial charge in [0.2, 0.25) is 0 Å². The van der Waals surface area contributed by atoms with E-state index in [1.165, 1.54) is 24.4 Å². The SMILES string of the molecule is CN(C)c1ccnc(C(=O)NC(C#N)c2ccccc2F)c1. The summed E-state index contributed by atoms with van der Waals surface area (Å²) in [5.74, 6) is -1.07. The second kappa shape index (κ2) is 6.68. The summed E-state index contributed by atoms with van der Waals surface area (Å²) in [7, 11) is 3.68. The fourth-order valence-corrected chi connectivity index (χ4v) is 1.92. The van der Waals surface area contributed by atoms with Crippen molar-refractivity contribution in [1.29, 1.82) is 5.26 Å². The Morgan fingerprint density at radius 1 is 1.36 bits per heavy atom. The second-order valence-electron chi connectivity index (χ2n) is 4.85. The third kappa shape index (κ3) is 3.38. The number of carbonyl (C=O) groups is 1. The molecule has 1 amide bonds. The molecule has 0 radical (unpaired) electrons. The van der Waals surface area contributed by atoms with Crippen LogP contribution < -0.4 is 10.2 Å². The molecule has 1 unspecified atom stereocenters. The zero-order chi connectivity index (χ0) is 16.1. The van der Waals surface area contributed by atoms with Gasteiger partial charge in [-0.3, -0.25) is 9.78 Å². The van der Waals surface area contributed by atoms with Crippen molar-refractivity contribution in [2.24, 2.45) is 0 Å². The topological polar surface area (TPSA) is 69.0 Å². The molecule has 1 aromatic heterocycles. The number of nitrogens with one attached hydrogen (secondary N) is 1. The molecule has 0 saturated heterocycles. The van der Waals surface area contributed by atoms with E-state index < -0.39 is 17.8 Å². The fourth-order valence-electron chi connectivity index (χ4n) is 1.92. The molecule has 1 aromatic carbocycles. The van der Waals surface area contributed by atoms with Crippen molar-refractivity contribution >= 4 is 11.6 Å². The van der Waals surface area contributed by atoms with Crippen LogP contribution in [0, 0.1) is 17.1 Å². The van der Waals surface area contributed by atoms with E-state index in [4.69, 9.17) is 0 Å². The maximum absolute atomic E-state index is 13.7. The van der Waals surface area contributed by atoms with Gasteiger partial charge in [0.15, 0.2) is 0 Å². The molecule has 0 aliphatic heterocycles. The highest BCUT2D eigenvalue weighted by Crippen LogP contribution is 2.17. The molecular formula is C16H15FN4O. The summed E-state index contributed by atoms with van der Waals surface area (Å²) in [6, 6.07) is 10.0. The summed E-state index contributed by atoms with van der Waals surface area (Å²) >= 11 is 0. The number of carbonyl (C=O) groups excluding carboxylic acids is 1. The van der Waals surface area contributed by atoms with Crippen LogP contribution in [-0.4, -0.2) is 25.0 Å². The normalized spacial score (nSPS) is 11.4. The molecule has 112 valence electrons. The highest BCUT2D eigenvalue weighted by atomic mass is 19.1. The minimum atomic E-state index is -1.07. The van der Waals surface area contributed by atoms with Crippen molar-refractivity contribution in [3.63, 3.8) is 0 Å². The second-order valence-corrected chi connectivity index (χ2v) is 4.85. The number of halogens is 1. The lowest BCUT2D eigenvalue weighted by Gasteiger charge is -2.15. The first kappa shape index (κ1) is 15.4. The lowest BCUT2D eigenvalue weighted by Crippen LogP contribution is -2.29. The molecule has 0 aliphatic carbocycles. The van der Waals surface area contributed by atoms with Crippen molar-refractivity contribution in [3.8, 4) is 6.07 Å². The number of amides is 1. The predicted molar refractivity (Wildman–Crippen MR) is 80.8 cm³/mol. The van der Waals surface area contributed by atoms with E-state index in [9.17, 15) is 14.4 Å². The first-order valence-electron chi connectivity index (χ1n) is 6.61. The van der Waals surface area contributed by atoms with Gasteiger partial charge in [-0.05, 0) is 18.2 Å². The van der Waals surface area contributed by atoms with Crippen LogP contribution >= 0.6 is 0 Å². The molecule has 1 atom stereocenters. The molecule has 5 nitrogen and oxygen atoms in total. The Kier molecular flexibility index (Phi) is 4.69. The van der Waals surface area contributed by atoms with Crippen molar-refractivity contribution in [2.75, 3.05) is 19.0 Å². The molecule has 22 heavy (non-hydrogen) atoms. The van der Waals surface area contributed by atoms with Gasteiger partial charge in [-0.2, -0.15) is 5.26 Å². The average Bonchev–Trinajstić information content (AvgIpc) is 2.53. The number of anilines is 1. The summed E-state index contributed by atoms with van der Waals surface area (Å²) in [4.78, 5) is 18.0. The molecule has 0 bridgehead atoms. The minimum absolute atomic E-state index is 0.127. The van der Waals surface area contributed by atoms with Crippen molar-refractivity contribution in [1.82, 2.24) is 10.3 Å².